The largest absolute Gasteiger partial charge is 1.00 e. The molecule has 0 fully saturated rings. The second kappa shape index (κ2) is 914. The zero-order chi connectivity index (χ0) is 0. The van der Waals surface area contributed by atoms with Crippen molar-refractivity contribution in [2.75, 3.05) is 0 Å². The van der Waals surface area contributed by atoms with Crippen LogP contribution in [-0.2, 0) is 0 Å². The van der Waals surface area contributed by atoms with Gasteiger partial charge in [0.05, 0.1) is 0 Å². The van der Waals surface area contributed by atoms with Crippen molar-refractivity contribution < 1.29 is 839 Å². The van der Waals surface area contributed by atoms with Crippen LogP contribution in [0.5, 0.6) is 0 Å². The van der Waals surface area contributed by atoms with Crippen molar-refractivity contribution >= 4 is 372 Å². The molecule has 0 rings (SSSR count). The molecule has 0 aromatic carbocycles. The van der Waals surface area contributed by atoms with Crippen LogP contribution in [0.25, 0.3) is 0 Å². The first-order valence-corrected chi connectivity index (χ1v) is 0. The van der Waals surface area contributed by atoms with Gasteiger partial charge in [-0.2, -0.15) is 0 Å². The van der Waals surface area contributed by atoms with Gasteiger partial charge in [0.2, 0.25) is 0 Å². The van der Waals surface area contributed by atoms with Gasteiger partial charge in [-0.05, 0) is 0 Å². The summed E-state index contributed by atoms with van der Waals surface area (Å²) in [6.07, 6.45) is 0. The maximum atomic E-state index is 0. The van der Waals surface area contributed by atoms with Crippen molar-refractivity contribution in [1.29, 1.82) is 0 Å². The molecule has 0 heterocycles. The Morgan fingerprint density at radius 3 is 0.0429 bits per heavy atom. The van der Waals surface area contributed by atoms with E-state index in [1.165, 1.54) is 0 Å². The van der Waals surface area contributed by atoms with Gasteiger partial charge in [-0.25, -0.2) is 0 Å². The standard InChI is InChI=1S/50ClH.20Na/h50*1H;;;;;;;;;;;;;;;;;;;;/q;;;;;;;;;;;;;;;;;;;;;;;;;;;;;;;;;;;;;;;;;;;;;;;;;;20*+1/p-20. The first-order chi connectivity index (χ1) is 0. The normalized spacial score (nSPS) is 0. The summed E-state index contributed by atoms with van der Waals surface area (Å²) in [5.41, 5.74) is 0. The van der Waals surface area contributed by atoms with Gasteiger partial charge in [0.15, 0.2) is 0 Å². The monoisotopic (exact) mass is 2240 g/mol. The van der Waals surface area contributed by atoms with Crippen molar-refractivity contribution in [2.45, 2.75) is 0 Å². The quantitative estimate of drug-likeness (QED) is 0.212. The maximum Gasteiger partial charge on any atom is 1.00 e. The van der Waals surface area contributed by atoms with Crippen molar-refractivity contribution in [3.05, 3.63) is 0 Å². The molecule has 0 aliphatic rings. The number of rotatable bonds is 0. The van der Waals surface area contributed by atoms with Crippen LogP contribution >= 0.6 is 372 Å². The van der Waals surface area contributed by atoms with Gasteiger partial charge >= 0.3 is 591 Å². The molecule has 0 atom stereocenters. The van der Waals surface area contributed by atoms with Crippen LogP contribution in [0.3, 0.4) is 0 Å². The van der Waals surface area contributed by atoms with E-state index >= 15 is 0 Å². The van der Waals surface area contributed by atoms with Crippen LogP contribution in [0.4, 0.5) is 0 Å². The topological polar surface area (TPSA) is 0 Å². The molecular weight excluding hydrogens is 2230 g/mol. The average Bonchev–Trinajstić information content (AvgIpc) is 0. The Balaban J connectivity index is 0. The molecule has 0 unspecified atom stereocenters. The van der Waals surface area contributed by atoms with Crippen LogP contribution in [0.2, 0.25) is 0 Å². The number of hydrogen-bond donors (Lipinski definition) is 0. The minimum atomic E-state index is 0. The molecule has 0 radical (unpaired) electrons. The van der Waals surface area contributed by atoms with Gasteiger partial charge in [-0.3, -0.25) is 0 Å². The van der Waals surface area contributed by atoms with Crippen LogP contribution in [0, 0.1) is 0 Å². The van der Waals surface area contributed by atoms with Gasteiger partial charge < -0.3 is 248 Å². The number of hydrogen-bond acceptors (Lipinski definition) is 0. The maximum absolute atomic E-state index is 0. The van der Waals surface area contributed by atoms with E-state index in [2.05, 4.69) is 0 Å². The molecule has 0 aromatic heterocycles. The molecule has 0 nitrogen and oxygen atoms in total. The summed E-state index contributed by atoms with van der Waals surface area (Å²) in [5, 5.41) is 0. The smallest absolute Gasteiger partial charge is 1.00 e. The van der Waals surface area contributed by atoms with E-state index in [9.17, 15) is 0 Å². The van der Waals surface area contributed by atoms with E-state index in [1.807, 2.05) is 0 Å². The Morgan fingerprint density at radius 1 is 0.0429 bits per heavy atom. The first-order valence-electron chi connectivity index (χ1n) is 0. The molecule has 0 amide bonds. The van der Waals surface area contributed by atoms with Gasteiger partial charge in [0.1, 0.15) is 0 Å². The third-order valence-corrected chi connectivity index (χ3v) is 0. The van der Waals surface area contributed by atoms with Crippen molar-refractivity contribution in [1.82, 2.24) is 0 Å². The molecule has 70 heteroatoms. The molecule has 0 bridgehead atoms. The fraction of sp³-hybridized carbons (Fsp3) is 0. The Labute approximate surface area is 1180 Å². The Morgan fingerprint density at radius 2 is 0.0429 bits per heavy atom. The fourth-order valence-corrected chi connectivity index (χ4v) is 0. The SMILES string of the molecule is Cl.Cl.Cl.Cl.Cl.Cl.Cl.Cl.Cl.Cl.Cl.Cl.Cl.Cl.Cl.Cl.Cl.Cl.Cl.Cl.Cl.Cl.Cl.Cl.Cl.Cl.Cl.Cl.Cl.Cl.[Cl-].[Cl-].[Cl-].[Cl-].[Cl-].[Cl-].[Cl-].[Cl-].[Cl-].[Cl-].[Cl-].[Cl-].[Cl-].[Cl-].[Cl-].[Cl-].[Cl-].[Cl-].[Cl-].[Cl-].[Na+].[Na+].[Na+].[Na+].[Na+].[Na+].[Na+].[Na+].[Na+].[Na+].[Na+].[Na+].[Na+].[Na+].[Na+].[Na+].[Na+].[Na+].[Na+].[Na+]. The predicted octanol–water partition coefficient (Wildman–Crippen LogP) is -107. The van der Waals surface area contributed by atoms with Crippen molar-refractivity contribution in [2.24, 2.45) is 0 Å². The third-order valence-electron chi connectivity index (χ3n) is 0. The molecular formula is H30Cl50Na20. The van der Waals surface area contributed by atoms with Gasteiger partial charge in [0.25, 0.3) is 0 Å². The zero-order valence-corrected chi connectivity index (χ0v) is 119. The minimum absolute atomic E-state index is 0. The molecule has 0 aliphatic carbocycles. The molecule has 0 N–H and O–H groups in total. The van der Waals surface area contributed by atoms with Crippen molar-refractivity contribution in [3.8, 4) is 0 Å². The minimum Gasteiger partial charge on any atom is -1.00 e. The van der Waals surface area contributed by atoms with Gasteiger partial charge in [-0.1, -0.05) is 0 Å². The van der Waals surface area contributed by atoms with Crippen LogP contribution in [0.1, 0.15) is 0 Å². The van der Waals surface area contributed by atoms with E-state index in [4.69, 9.17) is 0 Å². The average molecular weight is 2260 g/mol. The van der Waals surface area contributed by atoms with Crippen LogP contribution in [-0.4, -0.2) is 0 Å². The second-order valence-corrected chi connectivity index (χ2v) is 0. The molecule has 0 spiro atoms. The summed E-state index contributed by atoms with van der Waals surface area (Å²) in [6, 6.07) is 0. The molecule has 70 heavy (non-hydrogen) atoms. The van der Waals surface area contributed by atoms with E-state index in [0.29, 0.717) is 0 Å². The van der Waals surface area contributed by atoms with Crippen LogP contribution in [0.15, 0.2) is 0 Å². The Bertz CT molecular complexity index is 60.4. The van der Waals surface area contributed by atoms with Gasteiger partial charge in [-0.15, -0.1) is 372 Å². The summed E-state index contributed by atoms with van der Waals surface area (Å²) in [5.74, 6) is 0. The summed E-state index contributed by atoms with van der Waals surface area (Å²) in [7, 11) is 0. The molecule has 0 aliphatic heterocycles. The second-order valence-electron chi connectivity index (χ2n) is 0. The van der Waals surface area contributed by atoms with E-state index in [0.717, 1.165) is 0 Å². The summed E-state index contributed by atoms with van der Waals surface area (Å²) in [4.78, 5) is 0. The summed E-state index contributed by atoms with van der Waals surface area (Å²) in [6.45, 7) is 0. The Kier molecular flexibility index (Phi) is 12300. The molecule has 400 valence electrons. The van der Waals surface area contributed by atoms with E-state index in [-0.39, 0.29) is 1210 Å². The summed E-state index contributed by atoms with van der Waals surface area (Å²) >= 11 is 0. The van der Waals surface area contributed by atoms with E-state index < -0.39 is 0 Å². The number of halogens is 50. The molecule has 0 saturated carbocycles. The molecule has 0 aromatic rings. The summed E-state index contributed by atoms with van der Waals surface area (Å²) < 4.78 is 0. The zero-order valence-electron chi connectivity index (χ0n) is 39.8. The van der Waals surface area contributed by atoms with E-state index in [1.54, 1.807) is 0 Å². The fourth-order valence-electron chi connectivity index (χ4n) is 0. The first kappa shape index (κ1) is 941. The third kappa shape index (κ3) is 887. The van der Waals surface area contributed by atoms with Crippen LogP contribution < -0.4 is 839 Å². The predicted molar refractivity (Wildman–Crippen MR) is 217 cm³/mol. The van der Waals surface area contributed by atoms with Crippen molar-refractivity contribution in [3.63, 3.8) is 0 Å². The van der Waals surface area contributed by atoms with Gasteiger partial charge in [0, 0.05) is 0 Å². The molecule has 0 saturated heterocycles. The Hall–Kier alpha value is 34.5.